The predicted octanol–water partition coefficient (Wildman–Crippen LogP) is 1.34. The maximum Gasteiger partial charge on any atom is 0.434 e. The second-order valence-corrected chi connectivity index (χ2v) is 5.93. The van der Waals surface area contributed by atoms with Crippen LogP contribution in [0.3, 0.4) is 0 Å². The summed E-state index contributed by atoms with van der Waals surface area (Å²) in [6.07, 6.45) is 1.40. The molecule has 0 aliphatic rings. The zero-order chi connectivity index (χ0) is 15.9. The maximum atomic E-state index is 11.8. The fourth-order valence-electron chi connectivity index (χ4n) is 0.978. The van der Waals surface area contributed by atoms with Crippen LogP contribution in [-0.2, 0) is 23.2 Å². The number of nitrogens with zero attached hydrogens (tertiary/aromatic N) is 3. The lowest BCUT2D eigenvalue weighted by molar-refractivity contribution is -0.129. The summed E-state index contributed by atoms with van der Waals surface area (Å²) >= 11 is 0.768. The van der Waals surface area contributed by atoms with Crippen molar-refractivity contribution in [2.45, 2.75) is 0 Å². The Morgan fingerprint density at radius 3 is 2.76 bits per heavy atom. The number of hydrogen-bond acceptors (Lipinski definition) is 9. The highest BCUT2D eigenvalue weighted by Crippen LogP contribution is 2.46. The summed E-state index contributed by atoms with van der Waals surface area (Å²) in [6, 6.07) is 0. The van der Waals surface area contributed by atoms with E-state index < -0.39 is 19.4 Å². The van der Waals surface area contributed by atoms with E-state index in [1.165, 1.54) is 20.3 Å². The Kier molecular flexibility index (Phi) is 6.43. The molecule has 0 aliphatic heterocycles. The quantitative estimate of drug-likeness (QED) is 0.225. The molecular weight excluding hydrogens is 323 g/mol. The number of aromatic nitrogens is 2. The Morgan fingerprint density at radius 1 is 1.57 bits per heavy atom. The van der Waals surface area contributed by atoms with Crippen molar-refractivity contribution in [3.8, 4) is 0 Å². The van der Waals surface area contributed by atoms with Crippen LogP contribution in [0.2, 0.25) is 0 Å². The summed E-state index contributed by atoms with van der Waals surface area (Å²) in [4.78, 5) is 19.6. The summed E-state index contributed by atoms with van der Waals surface area (Å²) in [7, 11) is -1.17. The van der Waals surface area contributed by atoms with Gasteiger partial charge in [-0.25, -0.2) is 9.36 Å². The number of hydrogen-bond donors (Lipinski definition) is 2. The minimum absolute atomic E-state index is 0.0363. The molecule has 0 spiro atoms. The van der Waals surface area contributed by atoms with E-state index in [-0.39, 0.29) is 17.6 Å². The maximum absolute atomic E-state index is 11.8. The molecule has 12 heteroatoms. The molecular formula is C9H13N4O6PS. The molecule has 0 fully saturated rings. The number of anilines is 1. The first-order valence-electron chi connectivity index (χ1n) is 5.33. The fraction of sp³-hybridized carbons (Fsp3) is 0.333. The summed E-state index contributed by atoms with van der Waals surface area (Å²) in [5, 5.41) is 14.9. The average Bonchev–Trinajstić information content (AvgIpc) is 2.91. The number of rotatable bonds is 9. The van der Waals surface area contributed by atoms with E-state index in [4.69, 9.17) is 9.94 Å². The van der Waals surface area contributed by atoms with Crippen molar-refractivity contribution in [3.63, 3.8) is 0 Å². The van der Waals surface area contributed by atoms with E-state index in [1.807, 2.05) is 0 Å². The standard InChI is InChI=1S/C9H13N4O6PS/c1-4-5-19-11-6(8(14)15)7-10-9(21-13-7)12-20(16,17-2)18-3/h4H,1,5H2,2-3H3,(H,14,15)(H,10,12,13,16). The van der Waals surface area contributed by atoms with Crippen molar-refractivity contribution in [1.82, 2.24) is 9.36 Å². The highest BCUT2D eigenvalue weighted by Gasteiger charge is 2.25. The molecule has 21 heavy (non-hydrogen) atoms. The first-order valence-corrected chi connectivity index (χ1v) is 7.65. The van der Waals surface area contributed by atoms with E-state index in [1.54, 1.807) is 0 Å². The van der Waals surface area contributed by atoms with Crippen LogP contribution in [0.5, 0.6) is 0 Å². The summed E-state index contributed by atoms with van der Waals surface area (Å²) in [5.74, 6) is -1.57. The van der Waals surface area contributed by atoms with Crippen molar-refractivity contribution in [2.24, 2.45) is 5.16 Å². The first kappa shape index (κ1) is 17.2. The van der Waals surface area contributed by atoms with Gasteiger partial charge in [0, 0.05) is 25.8 Å². The van der Waals surface area contributed by atoms with Gasteiger partial charge in [-0.05, 0) is 0 Å². The molecule has 0 unspecified atom stereocenters. The third-order valence-corrected chi connectivity index (χ3v) is 4.13. The SMILES string of the molecule is C=CCON=C(C(=O)O)c1nsc(NP(=O)(OC)OC)n1. The second-order valence-electron chi connectivity index (χ2n) is 3.23. The van der Waals surface area contributed by atoms with Crippen LogP contribution >= 0.6 is 19.3 Å². The van der Waals surface area contributed by atoms with Gasteiger partial charge in [-0.3, -0.25) is 14.1 Å². The lowest BCUT2D eigenvalue weighted by Crippen LogP contribution is -2.17. The molecule has 0 saturated heterocycles. The average molecular weight is 336 g/mol. The zero-order valence-corrected chi connectivity index (χ0v) is 12.9. The summed E-state index contributed by atoms with van der Waals surface area (Å²) < 4.78 is 25.0. The molecule has 1 rings (SSSR count). The van der Waals surface area contributed by atoms with E-state index in [0.29, 0.717) is 0 Å². The predicted molar refractivity (Wildman–Crippen MR) is 75.5 cm³/mol. The molecule has 0 bridgehead atoms. The van der Waals surface area contributed by atoms with Crippen molar-refractivity contribution in [2.75, 3.05) is 25.9 Å². The third-order valence-electron chi connectivity index (χ3n) is 1.90. The highest BCUT2D eigenvalue weighted by molar-refractivity contribution is 7.55. The molecule has 0 amide bonds. The monoisotopic (exact) mass is 336 g/mol. The van der Waals surface area contributed by atoms with Gasteiger partial charge in [-0.1, -0.05) is 17.8 Å². The third kappa shape index (κ3) is 4.90. The molecule has 116 valence electrons. The molecule has 0 aliphatic carbocycles. The van der Waals surface area contributed by atoms with Gasteiger partial charge in [0.05, 0.1) is 0 Å². The van der Waals surface area contributed by atoms with Gasteiger partial charge in [-0.2, -0.15) is 9.36 Å². The number of nitrogens with one attached hydrogen (secondary N) is 1. The van der Waals surface area contributed by atoms with Gasteiger partial charge < -0.3 is 9.94 Å². The molecule has 0 atom stereocenters. The van der Waals surface area contributed by atoms with Gasteiger partial charge in [0.15, 0.2) is 0 Å². The Balaban J connectivity index is 2.94. The lowest BCUT2D eigenvalue weighted by atomic mass is 10.4. The summed E-state index contributed by atoms with van der Waals surface area (Å²) in [6.45, 7) is 3.43. The largest absolute Gasteiger partial charge is 0.476 e. The molecule has 0 saturated carbocycles. The molecule has 0 radical (unpaired) electrons. The van der Waals surface area contributed by atoms with Gasteiger partial charge in [0.1, 0.15) is 6.61 Å². The lowest BCUT2D eigenvalue weighted by Gasteiger charge is -2.12. The van der Waals surface area contributed by atoms with Crippen LogP contribution < -0.4 is 5.09 Å². The second kappa shape index (κ2) is 7.84. The normalized spacial score (nSPS) is 12.0. The molecule has 10 nitrogen and oxygen atoms in total. The molecule has 2 N–H and O–H groups in total. The molecule has 1 heterocycles. The topological polar surface area (TPSA) is 132 Å². The Bertz CT molecular complexity index is 581. The van der Waals surface area contributed by atoms with Crippen LogP contribution in [0.1, 0.15) is 5.82 Å². The van der Waals surface area contributed by atoms with Gasteiger partial charge >= 0.3 is 13.7 Å². The Morgan fingerprint density at radius 2 is 2.24 bits per heavy atom. The summed E-state index contributed by atoms with van der Waals surface area (Å²) in [5.41, 5.74) is -0.495. The molecule has 1 aromatic rings. The fourth-order valence-corrected chi connectivity index (χ4v) is 2.52. The van der Waals surface area contributed by atoms with Crippen LogP contribution in [0, 0.1) is 0 Å². The van der Waals surface area contributed by atoms with Crippen LogP contribution in [0.15, 0.2) is 17.8 Å². The smallest absolute Gasteiger partial charge is 0.434 e. The van der Waals surface area contributed by atoms with Gasteiger partial charge in [-0.15, -0.1) is 0 Å². The Hall–Kier alpha value is -1.81. The van der Waals surface area contributed by atoms with Crippen LogP contribution in [-0.4, -0.2) is 47.0 Å². The number of carboxylic acid groups (broad SMARTS) is 1. The van der Waals surface area contributed by atoms with E-state index in [0.717, 1.165) is 11.5 Å². The van der Waals surface area contributed by atoms with Crippen molar-refractivity contribution in [3.05, 3.63) is 18.5 Å². The van der Waals surface area contributed by atoms with E-state index >= 15 is 0 Å². The minimum atomic E-state index is -3.54. The minimum Gasteiger partial charge on any atom is -0.476 e. The molecule has 0 aromatic carbocycles. The van der Waals surface area contributed by atoms with E-state index in [2.05, 4.69) is 35.2 Å². The van der Waals surface area contributed by atoms with Crippen LogP contribution in [0.25, 0.3) is 0 Å². The number of aliphatic carboxylic acids is 1. The Labute approximate surface area is 124 Å². The van der Waals surface area contributed by atoms with Gasteiger partial charge in [0.2, 0.25) is 16.7 Å². The van der Waals surface area contributed by atoms with Gasteiger partial charge in [0.25, 0.3) is 0 Å². The van der Waals surface area contributed by atoms with Crippen molar-refractivity contribution >= 4 is 36.1 Å². The molecule has 1 aromatic heterocycles. The van der Waals surface area contributed by atoms with Crippen LogP contribution in [0.4, 0.5) is 5.13 Å². The number of carbonyl (C=O) groups is 1. The van der Waals surface area contributed by atoms with Crippen molar-refractivity contribution < 1.29 is 28.4 Å². The zero-order valence-electron chi connectivity index (χ0n) is 11.2. The van der Waals surface area contributed by atoms with E-state index in [9.17, 15) is 9.36 Å². The number of carboxylic acids is 1. The van der Waals surface area contributed by atoms with Crippen molar-refractivity contribution in [1.29, 1.82) is 0 Å². The number of oxime groups is 1. The highest BCUT2D eigenvalue weighted by atomic mass is 32.1. The first-order chi connectivity index (χ1) is 9.95.